The predicted molar refractivity (Wildman–Crippen MR) is 73.8 cm³/mol. The van der Waals surface area contributed by atoms with Crippen molar-refractivity contribution < 1.29 is 4.74 Å². The second-order valence-electron chi connectivity index (χ2n) is 5.38. The molecule has 18 heavy (non-hydrogen) atoms. The molecule has 0 amide bonds. The van der Waals surface area contributed by atoms with Crippen LogP contribution in [0.3, 0.4) is 0 Å². The molecule has 3 nitrogen and oxygen atoms in total. The standard InChI is InChI=1S/C14H19ClN2O/c1-9-10(4-11(16)5-14(9)15)6-17-12-2-3-13(17)8-18-7-12/h4-5,12-13H,2-3,6-8,16H2,1H3. The summed E-state index contributed by atoms with van der Waals surface area (Å²) in [5, 5.41) is 0.769. The van der Waals surface area contributed by atoms with Crippen LogP contribution < -0.4 is 5.73 Å². The van der Waals surface area contributed by atoms with E-state index < -0.39 is 0 Å². The minimum absolute atomic E-state index is 0.573. The van der Waals surface area contributed by atoms with Gasteiger partial charge in [-0.1, -0.05) is 11.6 Å². The van der Waals surface area contributed by atoms with Crippen LogP contribution in [0.1, 0.15) is 24.0 Å². The van der Waals surface area contributed by atoms with E-state index in [4.69, 9.17) is 22.1 Å². The second-order valence-corrected chi connectivity index (χ2v) is 5.79. The monoisotopic (exact) mass is 266 g/mol. The van der Waals surface area contributed by atoms with Gasteiger partial charge in [0.15, 0.2) is 0 Å². The zero-order valence-corrected chi connectivity index (χ0v) is 11.4. The van der Waals surface area contributed by atoms with Gasteiger partial charge in [0.2, 0.25) is 0 Å². The van der Waals surface area contributed by atoms with E-state index in [1.807, 2.05) is 6.07 Å². The molecular formula is C14H19ClN2O. The third kappa shape index (κ3) is 2.11. The summed E-state index contributed by atoms with van der Waals surface area (Å²) in [6.07, 6.45) is 2.50. The quantitative estimate of drug-likeness (QED) is 0.837. The molecule has 2 N–H and O–H groups in total. The van der Waals surface area contributed by atoms with E-state index in [1.54, 1.807) is 0 Å². The molecule has 2 heterocycles. The zero-order chi connectivity index (χ0) is 12.7. The maximum Gasteiger partial charge on any atom is 0.0622 e. The molecule has 2 aliphatic rings. The van der Waals surface area contributed by atoms with Crippen LogP contribution in [0.5, 0.6) is 0 Å². The summed E-state index contributed by atoms with van der Waals surface area (Å²) in [6.45, 7) is 4.74. The highest BCUT2D eigenvalue weighted by Gasteiger charge is 2.37. The number of fused-ring (bicyclic) bond motifs is 2. The number of nitrogens with two attached hydrogens (primary N) is 1. The minimum atomic E-state index is 0.573. The first kappa shape index (κ1) is 12.3. The van der Waals surface area contributed by atoms with E-state index >= 15 is 0 Å². The van der Waals surface area contributed by atoms with Gasteiger partial charge in [-0.25, -0.2) is 0 Å². The molecule has 4 heteroatoms. The Hall–Kier alpha value is -0.770. The van der Waals surface area contributed by atoms with Crippen LogP contribution in [0.25, 0.3) is 0 Å². The zero-order valence-electron chi connectivity index (χ0n) is 10.7. The van der Waals surface area contributed by atoms with Crippen molar-refractivity contribution in [2.75, 3.05) is 18.9 Å². The number of rotatable bonds is 2. The van der Waals surface area contributed by atoms with Gasteiger partial charge in [-0.15, -0.1) is 0 Å². The van der Waals surface area contributed by atoms with Crippen molar-refractivity contribution in [3.05, 3.63) is 28.3 Å². The first-order valence-corrected chi connectivity index (χ1v) is 6.91. The molecule has 2 fully saturated rings. The van der Waals surface area contributed by atoms with Crippen LogP contribution >= 0.6 is 11.6 Å². The lowest BCUT2D eigenvalue weighted by Crippen LogP contribution is -2.45. The van der Waals surface area contributed by atoms with E-state index in [1.165, 1.54) is 18.4 Å². The van der Waals surface area contributed by atoms with Crippen LogP contribution in [0, 0.1) is 6.92 Å². The first-order valence-electron chi connectivity index (χ1n) is 6.53. The van der Waals surface area contributed by atoms with Crippen molar-refractivity contribution in [2.45, 2.75) is 38.4 Å². The summed E-state index contributed by atoms with van der Waals surface area (Å²) in [4.78, 5) is 2.56. The number of benzene rings is 1. The van der Waals surface area contributed by atoms with E-state index in [0.717, 1.165) is 36.0 Å². The highest BCUT2D eigenvalue weighted by molar-refractivity contribution is 6.31. The Morgan fingerprint density at radius 2 is 2.00 bits per heavy atom. The lowest BCUT2D eigenvalue weighted by atomic mass is 10.1. The number of anilines is 1. The molecule has 2 atom stereocenters. The molecule has 2 unspecified atom stereocenters. The van der Waals surface area contributed by atoms with Crippen molar-refractivity contribution >= 4 is 17.3 Å². The topological polar surface area (TPSA) is 38.5 Å². The molecule has 2 aliphatic heterocycles. The molecule has 2 saturated heterocycles. The molecular weight excluding hydrogens is 248 g/mol. The fraction of sp³-hybridized carbons (Fsp3) is 0.571. The Morgan fingerprint density at radius 1 is 1.33 bits per heavy atom. The summed E-state index contributed by atoms with van der Waals surface area (Å²) in [6, 6.07) is 5.02. The fourth-order valence-electron chi connectivity index (χ4n) is 3.09. The minimum Gasteiger partial charge on any atom is -0.399 e. The number of hydrogen-bond donors (Lipinski definition) is 1. The SMILES string of the molecule is Cc1c(Cl)cc(N)cc1CN1C2CCC1COC2. The molecule has 1 aromatic rings. The van der Waals surface area contributed by atoms with Gasteiger partial charge in [-0.2, -0.15) is 0 Å². The van der Waals surface area contributed by atoms with E-state index in [2.05, 4.69) is 17.9 Å². The first-order chi connectivity index (χ1) is 8.65. The van der Waals surface area contributed by atoms with Crippen LogP contribution in [0.4, 0.5) is 5.69 Å². The number of ether oxygens (including phenoxy) is 1. The number of nitrogen functional groups attached to an aromatic ring is 1. The van der Waals surface area contributed by atoms with Crippen LogP contribution in [-0.2, 0) is 11.3 Å². The smallest absolute Gasteiger partial charge is 0.0622 e. The molecule has 98 valence electrons. The number of nitrogens with zero attached hydrogens (tertiary/aromatic N) is 1. The lowest BCUT2D eigenvalue weighted by Gasteiger charge is -2.35. The molecule has 0 saturated carbocycles. The van der Waals surface area contributed by atoms with Gasteiger partial charge in [0, 0.05) is 29.3 Å². The summed E-state index contributed by atoms with van der Waals surface area (Å²) in [7, 11) is 0. The Morgan fingerprint density at radius 3 is 2.67 bits per heavy atom. The third-order valence-corrected chi connectivity index (χ3v) is 4.61. The summed E-state index contributed by atoms with van der Waals surface area (Å²) in [5.74, 6) is 0. The van der Waals surface area contributed by atoms with Gasteiger partial charge in [0.25, 0.3) is 0 Å². The summed E-state index contributed by atoms with van der Waals surface area (Å²) >= 11 is 6.20. The van der Waals surface area contributed by atoms with Gasteiger partial charge in [-0.05, 0) is 43.0 Å². The van der Waals surface area contributed by atoms with Gasteiger partial charge in [0.1, 0.15) is 0 Å². The Labute approximate surface area is 113 Å². The Bertz CT molecular complexity index is 447. The molecule has 2 bridgehead atoms. The van der Waals surface area contributed by atoms with Crippen molar-refractivity contribution in [3.63, 3.8) is 0 Å². The number of halogens is 1. The Balaban J connectivity index is 1.84. The normalized spacial score (nSPS) is 27.7. The molecule has 1 aromatic carbocycles. The third-order valence-electron chi connectivity index (χ3n) is 4.22. The van der Waals surface area contributed by atoms with E-state index in [0.29, 0.717) is 12.1 Å². The second kappa shape index (κ2) is 4.72. The summed E-state index contributed by atoms with van der Waals surface area (Å²) < 4.78 is 5.61. The van der Waals surface area contributed by atoms with Crippen LogP contribution in [0.15, 0.2) is 12.1 Å². The van der Waals surface area contributed by atoms with Gasteiger partial charge in [-0.3, -0.25) is 4.90 Å². The number of morpholine rings is 1. The van der Waals surface area contributed by atoms with Crippen molar-refractivity contribution in [1.82, 2.24) is 4.90 Å². The van der Waals surface area contributed by atoms with Crippen molar-refractivity contribution in [1.29, 1.82) is 0 Å². The van der Waals surface area contributed by atoms with Crippen molar-refractivity contribution in [2.24, 2.45) is 0 Å². The largest absolute Gasteiger partial charge is 0.399 e. The van der Waals surface area contributed by atoms with E-state index in [-0.39, 0.29) is 0 Å². The molecule has 0 spiro atoms. The van der Waals surface area contributed by atoms with Gasteiger partial charge in [0.05, 0.1) is 13.2 Å². The molecule has 0 aromatic heterocycles. The molecule has 0 aliphatic carbocycles. The number of hydrogen-bond acceptors (Lipinski definition) is 3. The maximum absolute atomic E-state index is 6.20. The average Bonchev–Trinajstić information content (AvgIpc) is 2.57. The summed E-state index contributed by atoms with van der Waals surface area (Å²) in [5.41, 5.74) is 9.04. The highest BCUT2D eigenvalue weighted by atomic mass is 35.5. The van der Waals surface area contributed by atoms with E-state index in [9.17, 15) is 0 Å². The molecule has 0 radical (unpaired) electrons. The lowest BCUT2D eigenvalue weighted by molar-refractivity contribution is -0.0187. The Kier molecular flexibility index (Phi) is 3.22. The van der Waals surface area contributed by atoms with Gasteiger partial charge < -0.3 is 10.5 Å². The van der Waals surface area contributed by atoms with Crippen LogP contribution in [0.2, 0.25) is 5.02 Å². The predicted octanol–water partition coefficient (Wildman–Crippen LogP) is 2.59. The fourth-order valence-corrected chi connectivity index (χ4v) is 3.34. The highest BCUT2D eigenvalue weighted by Crippen LogP contribution is 2.32. The average molecular weight is 267 g/mol. The van der Waals surface area contributed by atoms with Gasteiger partial charge >= 0.3 is 0 Å². The maximum atomic E-state index is 6.20. The van der Waals surface area contributed by atoms with Crippen LogP contribution in [-0.4, -0.2) is 30.2 Å². The van der Waals surface area contributed by atoms with Crippen molar-refractivity contribution in [3.8, 4) is 0 Å². The molecule has 3 rings (SSSR count).